The highest BCUT2D eigenvalue weighted by atomic mass is 32.1. The summed E-state index contributed by atoms with van der Waals surface area (Å²) in [5.41, 5.74) is 1.22. The molecule has 2 fully saturated rings. The highest BCUT2D eigenvalue weighted by molar-refractivity contribution is 7.13. The molecule has 6 nitrogen and oxygen atoms in total. The van der Waals surface area contributed by atoms with Gasteiger partial charge in [-0.15, -0.1) is 11.3 Å². The van der Waals surface area contributed by atoms with Gasteiger partial charge in [-0.05, 0) is 12.5 Å². The van der Waals surface area contributed by atoms with Gasteiger partial charge in [-0.1, -0.05) is 18.2 Å². The number of carbonyl (C=O) groups excluding carboxylic acids is 1. The average molecular weight is 387 g/mol. The minimum atomic E-state index is 0.255. The molecular formula is C20H26N4O2S. The first-order chi connectivity index (χ1) is 13.3. The molecule has 0 atom stereocenters. The third-order valence-corrected chi connectivity index (χ3v) is 6.05. The van der Waals surface area contributed by atoms with E-state index in [1.54, 1.807) is 11.3 Å². The lowest BCUT2D eigenvalue weighted by molar-refractivity contribution is -0.128. The van der Waals surface area contributed by atoms with Crippen LogP contribution in [0.5, 0.6) is 5.75 Å². The Balaban J connectivity index is 1.28. The molecule has 4 rings (SSSR count). The third-order valence-electron chi connectivity index (χ3n) is 5.22. The molecule has 0 saturated carbocycles. The van der Waals surface area contributed by atoms with E-state index in [2.05, 4.69) is 26.9 Å². The van der Waals surface area contributed by atoms with Gasteiger partial charge in [0.05, 0.1) is 6.54 Å². The Labute approximate surface area is 164 Å². The van der Waals surface area contributed by atoms with Crippen LogP contribution in [-0.2, 0) is 11.3 Å². The van der Waals surface area contributed by atoms with Crippen LogP contribution in [0.25, 0.3) is 0 Å². The molecule has 1 aromatic carbocycles. The fourth-order valence-corrected chi connectivity index (χ4v) is 4.39. The normalized spacial score (nSPS) is 18.3. The molecule has 2 aliphatic rings. The van der Waals surface area contributed by atoms with Crippen molar-refractivity contribution < 1.29 is 9.53 Å². The second-order valence-electron chi connectivity index (χ2n) is 7.02. The maximum atomic E-state index is 11.7. The lowest BCUT2D eigenvalue weighted by Gasteiger charge is -2.34. The molecule has 1 aromatic heterocycles. The number of thiazole rings is 1. The van der Waals surface area contributed by atoms with Crippen LogP contribution in [0.4, 0.5) is 5.13 Å². The molecular weight excluding hydrogens is 360 g/mol. The molecule has 27 heavy (non-hydrogen) atoms. The Morgan fingerprint density at radius 1 is 1.11 bits per heavy atom. The number of rotatable bonds is 7. The van der Waals surface area contributed by atoms with E-state index in [1.807, 2.05) is 28.6 Å². The summed E-state index contributed by atoms with van der Waals surface area (Å²) in [4.78, 5) is 22.9. The van der Waals surface area contributed by atoms with E-state index in [0.717, 1.165) is 56.6 Å². The van der Waals surface area contributed by atoms with Gasteiger partial charge in [0, 0.05) is 62.8 Å². The van der Waals surface area contributed by atoms with Crippen molar-refractivity contribution in [1.29, 1.82) is 0 Å². The second-order valence-corrected chi connectivity index (χ2v) is 7.89. The molecule has 0 bridgehead atoms. The van der Waals surface area contributed by atoms with E-state index in [0.29, 0.717) is 19.6 Å². The van der Waals surface area contributed by atoms with Crippen LogP contribution < -0.4 is 9.64 Å². The fraction of sp³-hybridized carbons (Fsp3) is 0.500. The summed E-state index contributed by atoms with van der Waals surface area (Å²) >= 11 is 1.71. The highest BCUT2D eigenvalue weighted by Crippen LogP contribution is 2.23. The summed E-state index contributed by atoms with van der Waals surface area (Å²) in [6.45, 7) is 7.06. The number of benzene rings is 1. The van der Waals surface area contributed by atoms with Crippen molar-refractivity contribution in [2.24, 2.45) is 0 Å². The highest BCUT2D eigenvalue weighted by Gasteiger charge is 2.21. The Bertz CT molecular complexity index is 744. The van der Waals surface area contributed by atoms with Crippen molar-refractivity contribution in [1.82, 2.24) is 14.8 Å². The van der Waals surface area contributed by atoms with Crippen molar-refractivity contribution in [2.75, 3.05) is 50.8 Å². The van der Waals surface area contributed by atoms with Crippen LogP contribution in [0, 0.1) is 0 Å². The van der Waals surface area contributed by atoms with Gasteiger partial charge in [-0.3, -0.25) is 9.69 Å². The summed E-state index contributed by atoms with van der Waals surface area (Å²) in [5.74, 6) is 1.19. The maximum Gasteiger partial charge on any atom is 0.222 e. The first-order valence-electron chi connectivity index (χ1n) is 9.65. The smallest absolute Gasteiger partial charge is 0.222 e. The Kier molecular flexibility index (Phi) is 5.89. The SMILES string of the molecule is O=C1CCCN1CCOc1ccccc1CN1CCN(c2nccs2)CC1. The van der Waals surface area contributed by atoms with E-state index in [-0.39, 0.29) is 5.91 Å². The lowest BCUT2D eigenvalue weighted by atomic mass is 10.1. The molecule has 0 aliphatic carbocycles. The minimum Gasteiger partial charge on any atom is -0.491 e. The largest absolute Gasteiger partial charge is 0.491 e. The summed E-state index contributed by atoms with van der Waals surface area (Å²) in [6.07, 6.45) is 3.53. The van der Waals surface area contributed by atoms with Crippen molar-refractivity contribution in [2.45, 2.75) is 19.4 Å². The van der Waals surface area contributed by atoms with Crippen LogP contribution in [0.1, 0.15) is 18.4 Å². The van der Waals surface area contributed by atoms with Gasteiger partial charge in [-0.25, -0.2) is 4.98 Å². The van der Waals surface area contributed by atoms with Gasteiger partial charge >= 0.3 is 0 Å². The number of hydrogen-bond acceptors (Lipinski definition) is 6. The van der Waals surface area contributed by atoms with Gasteiger partial charge in [0.2, 0.25) is 5.91 Å². The van der Waals surface area contributed by atoms with Crippen LogP contribution in [0.3, 0.4) is 0 Å². The average Bonchev–Trinajstić information content (AvgIpc) is 3.36. The molecule has 0 spiro atoms. The Morgan fingerprint density at radius 3 is 2.70 bits per heavy atom. The molecule has 0 radical (unpaired) electrons. The Hall–Kier alpha value is -2.12. The van der Waals surface area contributed by atoms with Gasteiger partial charge in [0.25, 0.3) is 0 Å². The summed E-state index contributed by atoms with van der Waals surface area (Å²) in [7, 11) is 0. The number of nitrogens with zero attached hydrogens (tertiary/aromatic N) is 4. The lowest BCUT2D eigenvalue weighted by Crippen LogP contribution is -2.46. The van der Waals surface area contributed by atoms with Gasteiger partial charge in [0.1, 0.15) is 12.4 Å². The number of carbonyl (C=O) groups is 1. The number of para-hydroxylation sites is 1. The topological polar surface area (TPSA) is 48.9 Å². The molecule has 0 unspecified atom stereocenters. The molecule has 2 saturated heterocycles. The van der Waals surface area contributed by atoms with Gasteiger partial charge in [0.15, 0.2) is 5.13 Å². The second kappa shape index (κ2) is 8.71. The van der Waals surface area contributed by atoms with Crippen molar-refractivity contribution in [3.63, 3.8) is 0 Å². The number of likely N-dealkylation sites (tertiary alicyclic amines) is 1. The third kappa shape index (κ3) is 4.59. The molecule has 3 heterocycles. The number of piperazine rings is 1. The quantitative estimate of drug-likeness (QED) is 0.732. The van der Waals surface area contributed by atoms with Crippen molar-refractivity contribution >= 4 is 22.4 Å². The van der Waals surface area contributed by atoms with Crippen molar-refractivity contribution in [3.05, 3.63) is 41.4 Å². The van der Waals surface area contributed by atoms with E-state index in [4.69, 9.17) is 4.74 Å². The molecule has 1 amide bonds. The van der Waals surface area contributed by atoms with Gasteiger partial charge < -0.3 is 14.5 Å². The summed E-state index contributed by atoms with van der Waals surface area (Å²) < 4.78 is 6.03. The van der Waals surface area contributed by atoms with Crippen molar-refractivity contribution in [3.8, 4) is 5.75 Å². The zero-order valence-electron chi connectivity index (χ0n) is 15.5. The van der Waals surface area contributed by atoms with Crippen LogP contribution in [0.15, 0.2) is 35.8 Å². The predicted molar refractivity (Wildman–Crippen MR) is 107 cm³/mol. The van der Waals surface area contributed by atoms with E-state index >= 15 is 0 Å². The first kappa shape index (κ1) is 18.3. The predicted octanol–water partition coefficient (Wildman–Crippen LogP) is 2.47. The monoisotopic (exact) mass is 386 g/mol. The molecule has 2 aromatic rings. The molecule has 0 N–H and O–H groups in total. The van der Waals surface area contributed by atoms with Crippen LogP contribution in [0.2, 0.25) is 0 Å². The number of hydrogen-bond donors (Lipinski definition) is 0. The number of aromatic nitrogens is 1. The van der Waals surface area contributed by atoms with E-state index in [1.165, 1.54) is 5.56 Å². The van der Waals surface area contributed by atoms with Crippen LogP contribution in [-0.4, -0.2) is 66.6 Å². The Morgan fingerprint density at radius 2 is 1.96 bits per heavy atom. The molecule has 2 aliphatic heterocycles. The molecule has 144 valence electrons. The number of ether oxygens (including phenoxy) is 1. The van der Waals surface area contributed by atoms with E-state index < -0.39 is 0 Å². The number of amides is 1. The maximum absolute atomic E-state index is 11.7. The summed E-state index contributed by atoms with van der Waals surface area (Å²) in [6, 6.07) is 8.26. The minimum absolute atomic E-state index is 0.255. The van der Waals surface area contributed by atoms with Crippen LogP contribution >= 0.6 is 11.3 Å². The zero-order chi connectivity index (χ0) is 18.5. The molecule has 7 heteroatoms. The zero-order valence-corrected chi connectivity index (χ0v) is 16.4. The van der Waals surface area contributed by atoms with Gasteiger partial charge in [-0.2, -0.15) is 0 Å². The first-order valence-corrected chi connectivity index (χ1v) is 10.5. The fourth-order valence-electron chi connectivity index (χ4n) is 3.69. The summed E-state index contributed by atoms with van der Waals surface area (Å²) in [5, 5.41) is 3.15. The number of anilines is 1. The standard InChI is InChI=1S/C20H26N4O2S/c25-19-6-3-8-23(19)13-14-26-18-5-2-1-4-17(18)16-22-9-11-24(12-10-22)20-21-7-15-27-20/h1-2,4-5,7,15H,3,6,8-14,16H2. The van der Waals surface area contributed by atoms with E-state index in [9.17, 15) is 4.79 Å².